The van der Waals surface area contributed by atoms with Gasteiger partial charge in [0, 0.05) is 36.8 Å². The van der Waals surface area contributed by atoms with E-state index < -0.39 is 39.4 Å². The second kappa shape index (κ2) is 9.15. The number of likely N-dealkylation sites (tertiary alicyclic amines) is 1. The molecule has 1 saturated heterocycles. The maximum Gasteiger partial charge on any atom is 0.407 e. The Balaban J connectivity index is 1.82. The van der Waals surface area contributed by atoms with E-state index >= 15 is 0 Å². The summed E-state index contributed by atoms with van der Waals surface area (Å²) in [4.78, 5) is 34.0. The summed E-state index contributed by atoms with van der Waals surface area (Å²) in [5, 5.41) is 9.20. The van der Waals surface area contributed by atoms with Crippen LogP contribution in [-0.2, 0) is 9.84 Å². The van der Waals surface area contributed by atoms with Crippen molar-refractivity contribution in [2.75, 3.05) is 12.8 Å². The van der Waals surface area contributed by atoms with E-state index in [0.717, 1.165) is 6.26 Å². The zero-order chi connectivity index (χ0) is 24.6. The van der Waals surface area contributed by atoms with Crippen LogP contribution in [0.3, 0.4) is 0 Å². The number of hydrogen-bond donors (Lipinski definition) is 1. The van der Waals surface area contributed by atoms with Crippen LogP contribution in [0.15, 0.2) is 58.7 Å². The maximum absolute atomic E-state index is 14.3. The van der Waals surface area contributed by atoms with E-state index in [1.54, 1.807) is 12.1 Å². The van der Waals surface area contributed by atoms with Gasteiger partial charge in [0.1, 0.15) is 5.82 Å². The third-order valence-corrected chi connectivity index (χ3v) is 6.87. The predicted octanol–water partition coefficient (Wildman–Crippen LogP) is 3.23. The van der Waals surface area contributed by atoms with Crippen molar-refractivity contribution in [3.05, 3.63) is 75.5 Å². The zero-order valence-corrected chi connectivity index (χ0v) is 19.5. The molecule has 0 radical (unpaired) electrons. The van der Waals surface area contributed by atoms with Gasteiger partial charge in [0.05, 0.1) is 22.8 Å². The van der Waals surface area contributed by atoms with E-state index in [4.69, 9.17) is 11.6 Å². The minimum Gasteiger partial charge on any atom is -0.465 e. The molecular formula is C22H20ClFN4O5S. The van der Waals surface area contributed by atoms with Crippen molar-refractivity contribution in [3.8, 4) is 11.3 Å². The molecular weight excluding hydrogens is 487 g/mol. The number of aromatic nitrogens is 3. The molecule has 0 bridgehead atoms. The van der Waals surface area contributed by atoms with E-state index in [9.17, 15) is 27.5 Å². The summed E-state index contributed by atoms with van der Waals surface area (Å²) in [6, 6.07) is 7.05. The summed E-state index contributed by atoms with van der Waals surface area (Å²) in [6.45, 7) is 0.300. The summed E-state index contributed by atoms with van der Waals surface area (Å²) >= 11 is 5.83. The predicted molar refractivity (Wildman–Crippen MR) is 122 cm³/mol. The summed E-state index contributed by atoms with van der Waals surface area (Å²) in [7, 11) is -3.65. The van der Waals surface area contributed by atoms with Gasteiger partial charge >= 0.3 is 6.09 Å². The van der Waals surface area contributed by atoms with Gasteiger partial charge in [-0.25, -0.2) is 27.6 Å². The highest BCUT2D eigenvalue weighted by Crippen LogP contribution is 2.33. The fourth-order valence-electron chi connectivity index (χ4n) is 4.18. The number of carboxylic acid groups (broad SMARTS) is 1. The first-order chi connectivity index (χ1) is 16.1. The monoisotopic (exact) mass is 506 g/mol. The third-order valence-electron chi connectivity index (χ3n) is 5.70. The lowest BCUT2D eigenvalue weighted by Crippen LogP contribution is -2.43. The summed E-state index contributed by atoms with van der Waals surface area (Å²) in [5.41, 5.74) is 0.504. The smallest absolute Gasteiger partial charge is 0.407 e. The molecule has 0 aliphatic carbocycles. The van der Waals surface area contributed by atoms with Gasteiger partial charge in [-0.2, -0.15) is 0 Å². The van der Waals surface area contributed by atoms with Gasteiger partial charge < -0.3 is 14.6 Å². The van der Waals surface area contributed by atoms with E-state index in [2.05, 4.69) is 9.97 Å². The number of pyridine rings is 1. The van der Waals surface area contributed by atoms with E-state index in [1.807, 2.05) is 0 Å². The number of nitrogens with zero attached hydrogens (tertiary/aromatic N) is 4. The van der Waals surface area contributed by atoms with E-state index in [-0.39, 0.29) is 15.9 Å². The van der Waals surface area contributed by atoms with Gasteiger partial charge in [-0.15, -0.1) is 0 Å². The molecule has 1 fully saturated rings. The molecule has 2 aromatic heterocycles. The van der Waals surface area contributed by atoms with E-state index in [0.29, 0.717) is 30.5 Å². The molecule has 1 aromatic carbocycles. The van der Waals surface area contributed by atoms with Gasteiger partial charge in [0.15, 0.2) is 0 Å². The van der Waals surface area contributed by atoms with Crippen LogP contribution >= 0.6 is 11.6 Å². The van der Waals surface area contributed by atoms with Gasteiger partial charge in [0.25, 0.3) is 5.56 Å². The van der Waals surface area contributed by atoms with Crippen LogP contribution in [0.2, 0.25) is 5.02 Å². The van der Waals surface area contributed by atoms with Crippen molar-refractivity contribution in [1.82, 2.24) is 19.4 Å². The normalized spacial score (nSPS) is 17.0. The Kier molecular flexibility index (Phi) is 6.41. The molecule has 9 nitrogen and oxygen atoms in total. The largest absolute Gasteiger partial charge is 0.465 e. The van der Waals surface area contributed by atoms with Crippen LogP contribution in [0, 0.1) is 5.82 Å². The Morgan fingerprint density at radius 1 is 1.26 bits per heavy atom. The number of amides is 1. The van der Waals surface area contributed by atoms with Crippen molar-refractivity contribution in [1.29, 1.82) is 0 Å². The van der Waals surface area contributed by atoms with Crippen molar-refractivity contribution in [3.63, 3.8) is 0 Å². The molecule has 2 atom stereocenters. The Morgan fingerprint density at radius 3 is 2.68 bits per heavy atom. The van der Waals surface area contributed by atoms with Crippen molar-refractivity contribution in [2.45, 2.75) is 30.1 Å². The molecule has 0 spiro atoms. The van der Waals surface area contributed by atoms with Crippen LogP contribution in [0.5, 0.6) is 0 Å². The molecule has 12 heteroatoms. The lowest BCUT2D eigenvalue weighted by molar-refractivity contribution is 0.130. The molecule has 178 valence electrons. The van der Waals surface area contributed by atoms with Gasteiger partial charge in [0.2, 0.25) is 15.0 Å². The second-order valence-corrected chi connectivity index (χ2v) is 10.3. The first-order valence-electron chi connectivity index (χ1n) is 10.3. The summed E-state index contributed by atoms with van der Waals surface area (Å²) < 4.78 is 39.2. The molecule has 1 aliphatic rings. The first-order valence-corrected chi connectivity index (χ1v) is 12.5. The van der Waals surface area contributed by atoms with Gasteiger partial charge in [-0.1, -0.05) is 17.7 Å². The van der Waals surface area contributed by atoms with Crippen molar-refractivity contribution < 1.29 is 22.7 Å². The standard InChI is InChI=1S/C22H20ClFN4O5S/c1-34(32,33)21-25-8-6-17(26-21)13-7-10-28(19(29)12-13)20(14-4-5-15(23)16(24)11-14)18-3-2-9-27(18)22(30)31/h4-8,10-12,18,20H,2-3,9H2,1H3,(H,30,31). The number of halogens is 2. The molecule has 0 saturated carbocycles. The average molecular weight is 507 g/mol. The molecule has 1 aliphatic heterocycles. The Hall–Kier alpha value is -3.31. The number of benzene rings is 1. The molecule has 1 amide bonds. The Labute approximate surface area is 199 Å². The Morgan fingerprint density at radius 2 is 2.03 bits per heavy atom. The lowest BCUT2D eigenvalue weighted by atomic mass is 9.96. The Bertz CT molecular complexity index is 1430. The second-order valence-electron chi connectivity index (χ2n) is 7.96. The van der Waals surface area contributed by atoms with Crippen LogP contribution in [0.25, 0.3) is 11.3 Å². The van der Waals surface area contributed by atoms with Crippen LogP contribution in [0.1, 0.15) is 24.4 Å². The summed E-state index contributed by atoms with van der Waals surface area (Å²) in [5.74, 6) is -0.678. The molecule has 3 aromatic rings. The molecule has 34 heavy (non-hydrogen) atoms. The zero-order valence-electron chi connectivity index (χ0n) is 17.9. The van der Waals surface area contributed by atoms with Crippen molar-refractivity contribution in [2.24, 2.45) is 0 Å². The maximum atomic E-state index is 14.3. The first kappa shape index (κ1) is 23.8. The van der Waals surface area contributed by atoms with Gasteiger partial charge in [-0.05, 0) is 42.7 Å². The van der Waals surface area contributed by atoms with Crippen molar-refractivity contribution >= 4 is 27.5 Å². The molecule has 2 unspecified atom stereocenters. The average Bonchev–Trinajstić information content (AvgIpc) is 3.27. The van der Waals surface area contributed by atoms with Crippen LogP contribution in [0.4, 0.5) is 9.18 Å². The number of sulfone groups is 1. The molecule has 1 N–H and O–H groups in total. The fraction of sp³-hybridized carbons (Fsp3) is 0.273. The molecule has 4 rings (SSSR count). The van der Waals surface area contributed by atoms with Crippen LogP contribution < -0.4 is 5.56 Å². The number of rotatable bonds is 5. The minimum atomic E-state index is -3.65. The van der Waals surface area contributed by atoms with Crippen LogP contribution in [-0.4, -0.2) is 57.9 Å². The highest BCUT2D eigenvalue weighted by molar-refractivity contribution is 7.90. The number of hydrogen-bond acceptors (Lipinski definition) is 6. The topological polar surface area (TPSA) is 122 Å². The van der Waals surface area contributed by atoms with Gasteiger partial charge in [-0.3, -0.25) is 4.79 Å². The highest BCUT2D eigenvalue weighted by atomic mass is 35.5. The minimum absolute atomic E-state index is 0.0860. The third kappa shape index (κ3) is 4.66. The van der Waals surface area contributed by atoms with E-state index in [1.165, 1.54) is 46.1 Å². The number of carbonyl (C=O) groups is 1. The highest BCUT2D eigenvalue weighted by Gasteiger charge is 2.37. The fourth-order valence-corrected chi connectivity index (χ4v) is 4.82. The summed E-state index contributed by atoms with van der Waals surface area (Å²) in [6.07, 6.45) is 3.70. The lowest BCUT2D eigenvalue weighted by Gasteiger charge is -2.32. The molecule has 3 heterocycles. The quantitative estimate of drug-likeness (QED) is 0.527. The SMILES string of the molecule is CS(=O)(=O)c1nccc(-c2ccn(C(c3ccc(Cl)c(F)c3)C3CCCN3C(=O)O)c(=O)c2)n1.